The maximum Gasteiger partial charge on any atom is 0.271 e. The first kappa shape index (κ1) is 20.3. The van der Waals surface area contributed by atoms with Crippen molar-refractivity contribution in [2.24, 2.45) is 0 Å². The van der Waals surface area contributed by atoms with E-state index >= 15 is 0 Å². The Morgan fingerprint density at radius 1 is 1.22 bits per heavy atom. The number of carbonyl (C=O) groups is 1. The lowest BCUT2D eigenvalue weighted by molar-refractivity contribution is -0.384. The number of benzene rings is 2. The molecule has 0 bridgehead atoms. The third kappa shape index (κ3) is 4.20. The highest BCUT2D eigenvalue weighted by molar-refractivity contribution is 7.89. The van der Waals surface area contributed by atoms with Gasteiger partial charge in [-0.2, -0.15) is 0 Å². The van der Waals surface area contributed by atoms with Crippen molar-refractivity contribution in [1.82, 2.24) is 4.31 Å². The van der Waals surface area contributed by atoms with Crippen LogP contribution in [0.4, 0.5) is 15.8 Å². The average Bonchev–Trinajstić information content (AvgIpc) is 2.61. The fourth-order valence-electron chi connectivity index (χ4n) is 2.14. The molecule has 0 aromatic heterocycles. The number of sulfonamides is 1. The van der Waals surface area contributed by atoms with Gasteiger partial charge in [-0.1, -0.05) is 0 Å². The van der Waals surface area contributed by atoms with Crippen molar-refractivity contribution < 1.29 is 27.3 Å². The van der Waals surface area contributed by atoms with Crippen LogP contribution in [-0.2, 0) is 10.0 Å². The SMILES string of the molecule is COc1ccc([N+](=O)[O-])cc1NC(=O)c1ccc(F)c(S(=O)(=O)N(C)C)c1. The van der Waals surface area contributed by atoms with E-state index in [4.69, 9.17) is 4.74 Å². The molecule has 1 N–H and O–H groups in total. The van der Waals surface area contributed by atoms with Gasteiger partial charge in [0.15, 0.2) is 0 Å². The maximum atomic E-state index is 13.9. The summed E-state index contributed by atoms with van der Waals surface area (Å²) in [6, 6.07) is 6.45. The number of nitro groups is 1. The maximum absolute atomic E-state index is 13.9. The fourth-order valence-corrected chi connectivity index (χ4v) is 3.12. The summed E-state index contributed by atoms with van der Waals surface area (Å²) < 4.78 is 44.1. The van der Waals surface area contributed by atoms with Gasteiger partial charge in [-0.05, 0) is 24.3 Å². The second-order valence-corrected chi connectivity index (χ2v) is 7.65. The zero-order valence-corrected chi connectivity index (χ0v) is 15.4. The molecule has 2 aromatic carbocycles. The number of methoxy groups -OCH3 is 1. The second kappa shape index (κ2) is 7.68. The van der Waals surface area contributed by atoms with Gasteiger partial charge in [-0.15, -0.1) is 0 Å². The van der Waals surface area contributed by atoms with Crippen molar-refractivity contribution >= 4 is 27.3 Å². The molecule has 0 aliphatic carbocycles. The molecular formula is C16H16FN3O6S. The Hall–Kier alpha value is -3.05. The van der Waals surface area contributed by atoms with Crippen molar-refractivity contribution in [2.75, 3.05) is 26.5 Å². The summed E-state index contributed by atoms with van der Waals surface area (Å²) in [5.41, 5.74) is -0.412. The third-order valence-corrected chi connectivity index (χ3v) is 5.42. The Morgan fingerprint density at radius 2 is 1.89 bits per heavy atom. The molecule has 11 heteroatoms. The smallest absolute Gasteiger partial charge is 0.271 e. The Bertz CT molecular complexity index is 1010. The molecule has 0 unspecified atom stereocenters. The number of hydrogen-bond acceptors (Lipinski definition) is 6. The first-order chi connectivity index (χ1) is 12.6. The third-order valence-electron chi connectivity index (χ3n) is 3.59. The predicted molar refractivity (Wildman–Crippen MR) is 94.9 cm³/mol. The zero-order chi connectivity index (χ0) is 20.4. The van der Waals surface area contributed by atoms with Crippen LogP contribution in [0.3, 0.4) is 0 Å². The van der Waals surface area contributed by atoms with Gasteiger partial charge in [0.1, 0.15) is 16.5 Å². The minimum Gasteiger partial charge on any atom is -0.495 e. The average molecular weight is 397 g/mol. The lowest BCUT2D eigenvalue weighted by atomic mass is 10.2. The first-order valence-electron chi connectivity index (χ1n) is 7.43. The highest BCUT2D eigenvalue weighted by atomic mass is 32.2. The number of rotatable bonds is 6. The van der Waals surface area contributed by atoms with Crippen molar-refractivity contribution in [1.29, 1.82) is 0 Å². The molecule has 27 heavy (non-hydrogen) atoms. The molecule has 144 valence electrons. The van der Waals surface area contributed by atoms with E-state index in [0.29, 0.717) is 0 Å². The van der Waals surface area contributed by atoms with Crippen LogP contribution >= 0.6 is 0 Å². The number of anilines is 1. The first-order valence-corrected chi connectivity index (χ1v) is 8.87. The fraction of sp³-hybridized carbons (Fsp3) is 0.188. The number of nitrogens with one attached hydrogen (secondary N) is 1. The van der Waals surface area contributed by atoms with E-state index in [-0.39, 0.29) is 22.7 Å². The standard InChI is InChI=1S/C16H16FN3O6S/c1-19(2)27(24,25)15-8-10(4-6-12(15)17)16(21)18-13-9-11(20(22)23)5-7-14(13)26-3/h4-9H,1-3H3,(H,18,21). The molecule has 0 atom stereocenters. The highest BCUT2D eigenvalue weighted by Crippen LogP contribution is 2.29. The number of non-ortho nitro benzene ring substituents is 1. The van der Waals surface area contributed by atoms with E-state index in [1.165, 1.54) is 33.3 Å². The van der Waals surface area contributed by atoms with Crippen molar-refractivity contribution in [2.45, 2.75) is 4.90 Å². The van der Waals surface area contributed by atoms with Crippen LogP contribution in [0.1, 0.15) is 10.4 Å². The molecule has 0 radical (unpaired) electrons. The van der Waals surface area contributed by atoms with E-state index in [1.807, 2.05) is 0 Å². The number of nitro benzene ring substituents is 1. The summed E-state index contributed by atoms with van der Waals surface area (Å²) in [6.45, 7) is 0. The van der Waals surface area contributed by atoms with Crippen LogP contribution in [0.25, 0.3) is 0 Å². The van der Waals surface area contributed by atoms with E-state index < -0.39 is 31.6 Å². The van der Waals surface area contributed by atoms with Crippen LogP contribution in [0, 0.1) is 15.9 Å². The molecule has 0 heterocycles. The lowest BCUT2D eigenvalue weighted by Gasteiger charge is -2.14. The molecule has 0 fully saturated rings. The van der Waals surface area contributed by atoms with E-state index in [2.05, 4.69) is 5.32 Å². The molecule has 0 aliphatic heterocycles. The summed E-state index contributed by atoms with van der Waals surface area (Å²) in [6.07, 6.45) is 0. The molecule has 1 amide bonds. The Morgan fingerprint density at radius 3 is 2.44 bits per heavy atom. The van der Waals surface area contributed by atoms with Crippen molar-refractivity contribution in [3.8, 4) is 5.75 Å². The van der Waals surface area contributed by atoms with Gasteiger partial charge < -0.3 is 10.1 Å². The molecule has 0 spiro atoms. The van der Waals surface area contributed by atoms with Crippen LogP contribution in [0.15, 0.2) is 41.3 Å². The lowest BCUT2D eigenvalue weighted by Crippen LogP contribution is -2.24. The molecule has 2 aromatic rings. The molecular weight excluding hydrogens is 381 g/mol. The number of ether oxygens (including phenoxy) is 1. The second-order valence-electron chi connectivity index (χ2n) is 5.53. The molecule has 0 aliphatic rings. The van der Waals surface area contributed by atoms with E-state index in [0.717, 1.165) is 28.6 Å². The summed E-state index contributed by atoms with van der Waals surface area (Å²) in [5.74, 6) is -1.63. The van der Waals surface area contributed by atoms with Gasteiger partial charge in [0, 0.05) is 31.8 Å². The summed E-state index contributed by atoms with van der Waals surface area (Å²) in [7, 11) is -0.324. The monoisotopic (exact) mass is 397 g/mol. The minimum absolute atomic E-state index is 0.0121. The minimum atomic E-state index is -4.10. The Balaban J connectivity index is 2.43. The van der Waals surface area contributed by atoms with Gasteiger partial charge in [0.25, 0.3) is 11.6 Å². The normalized spacial score (nSPS) is 11.3. The van der Waals surface area contributed by atoms with Crippen LogP contribution in [-0.4, -0.2) is 44.8 Å². The van der Waals surface area contributed by atoms with E-state index in [1.54, 1.807) is 0 Å². The van der Waals surface area contributed by atoms with Gasteiger partial charge >= 0.3 is 0 Å². The zero-order valence-electron chi connectivity index (χ0n) is 14.6. The number of nitrogens with zero attached hydrogens (tertiary/aromatic N) is 2. The van der Waals surface area contributed by atoms with Crippen LogP contribution in [0.2, 0.25) is 0 Å². The van der Waals surface area contributed by atoms with Crippen LogP contribution in [0.5, 0.6) is 5.75 Å². The number of amides is 1. The van der Waals surface area contributed by atoms with Gasteiger partial charge in [0.05, 0.1) is 17.7 Å². The van der Waals surface area contributed by atoms with Gasteiger partial charge in [-0.3, -0.25) is 14.9 Å². The molecule has 2 rings (SSSR count). The molecule has 9 nitrogen and oxygen atoms in total. The van der Waals surface area contributed by atoms with Crippen LogP contribution < -0.4 is 10.1 Å². The highest BCUT2D eigenvalue weighted by Gasteiger charge is 2.24. The van der Waals surface area contributed by atoms with E-state index in [9.17, 15) is 27.7 Å². The number of halogens is 1. The largest absolute Gasteiger partial charge is 0.495 e. The summed E-state index contributed by atoms with van der Waals surface area (Å²) >= 11 is 0. The topological polar surface area (TPSA) is 119 Å². The Kier molecular flexibility index (Phi) is 5.76. The number of hydrogen-bond donors (Lipinski definition) is 1. The van der Waals surface area contributed by atoms with Gasteiger partial charge in [0.2, 0.25) is 10.0 Å². The quantitative estimate of drug-likeness (QED) is 0.590. The predicted octanol–water partition coefficient (Wildman–Crippen LogP) is 2.25. The molecule has 0 saturated heterocycles. The van der Waals surface area contributed by atoms with Gasteiger partial charge in [-0.25, -0.2) is 17.1 Å². The number of carbonyl (C=O) groups excluding carboxylic acids is 1. The Labute approximate surface area is 154 Å². The van der Waals surface area contributed by atoms with Crippen molar-refractivity contribution in [3.63, 3.8) is 0 Å². The summed E-state index contributed by atoms with van der Waals surface area (Å²) in [4.78, 5) is 22.1. The summed E-state index contributed by atoms with van der Waals surface area (Å²) in [5, 5.41) is 13.3. The molecule has 0 saturated carbocycles. The van der Waals surface area contributed by atoms with Crippen molar-refractivity contribution in [3.05, 3.63) is 57.9 Å².